The van der Waals surface area contributed by atoms with Crippen LogP contribution in [-0.4, -0.2) is 53.5 Å². The molecule has 32 heavy (non-hydrogen) atoms. The molecule has 2 rings (SSSR count). The van der Waals surface area contributed by atoms with Gasteiger partial charge in [-0.2, -0.15) is 0 Å². The number of nitrogens with one attached hydrogen (secondary N) is 1. The molecule has 7 nitrogen and oxygen atoms in total. The summed E-state index contributed by atoms with van der Waals surface area (Å²) in [6, 6.07) is 8.78. The van der Waals surface area contributed by atoms with Gasteiger partial charge in [-0.05, 0) is 24.8 Å². The van der Waals surface area contributed by atoms with Gasteiger partial charge in [0.2, 0.25) is 5.91 Å². The maximum atomic E-state index is 12.8. The summed E-state index contributed by atoms with van der Waals surface area (Å²) in [4.78, 5) is 39.2. The van der Waals surface area contributed by atoms with Gasteiger partial charge in [-0.1, -0.05) is 69.4 Å². The highest BCUT2D eigenvalue weighted by atomic mass is 16.6. The van der Waals surface area contributed by atoms with E-state index in [0.29, 0.717) is 25.9 Å². The van der Waals surface area contributed by atoms with Gasteiger partial charge in [0.15, 0.2) is 5.78 Å². The SMILES string of the molecule is CCCCCCCCNC(=O)C(CO)CC(=O)C1CCCN1C(=O)OCc1ccccc1. The molecule has 0 aromatic heterocycles. The molecule has 2 atom stereocenters. The van der Waals surface area contributed by atoms with Crippen LogP contribution in [0.2, 0.25) is 0 Å². The number of benzene rings is 1. The van der Waals surface area contributed by atoms with E-state index in [1.807, 2.05) is 30.3 Å². The summed E-state index contributed by atoms with van der Waals surface area (Å²) in [6.45, 7) is 2.94. The Hall–Kier alpha value is -2.41. The number of ketones is 1. The third-order valence-electron chi connectivity index (χ3n) is 5.93. The normalized spacial score (nSPS) is 16.6. The molecule has 0 aliphatic carbocycles. The van der Waals surface area contributed by atoms with E-state index in [4.69, 9.17) is 4.74 Å². The first-order valence-electron chi connectivity index (χ1n) is 11.9. The number of carbonyl (C=O) groups is 3. The number of ether oxygens (including phenoxy) is 1. The van der Waals surface area contributed by atoms with E-state index in [9.17, 15) is 19.5 Å². The summed E-state index contributed by atoms with van der Waals surface area (Å²) < 4.78 is 5.38. The summed E-state index contributed by atoms with van der Waals surface area (Å²) >= 11 is 0. The van der Waals surface area contributed by atoms with Crippen molar-refractivity contribution in [3.63, 3.8) is 0 Å². The lowest BCUT2D eigenvalue weighted by molar-refractivity contribution is -0.132. The van der Waals surface area contributed by atoms with Crippen molar-refractivity contribution in [3.8, 4) is 0 Å². The molecular weight excluding hydrogens is 408 g/mol. The van der Waals surface area contributed by atoms with Crippen molar-refractivity contribution in [2.24, 2.45) is 5.92 Å². The van der Waals surface area contributed by atoms with Crippen LogP contribution < -0.4 is 5.32 Å². The predicted molar refractivity (Wildman–Crippen MR) is 123 cm³/mol. The fraction of sp³-hybridized carbons (Fsp3) is 0.640. The van der Waals surface area contributed by atoms with Gasteiger partial charge in [-0.15, -0.1) is 0 Å². The second-order valence-corrected chi connectivity index (χ2v) is 8.50. The highest BCUT2D eigenvalue weighted by Crippen LogP contribution is 2.22. The molecule has 178 valence electrons. The highest BCUT2D eigenvalue weighted by molar-refractivity contribution is 5.92. The summed E-state index contributed by atoms with van der Waals surface area (Å²) in [5.41, 5.74) is 0.880. The summed E-state index contributed by atoms with van der Waals surface area (Å²) in [6.07, 6.45) is 7.43. The molecule has 0 saturated carbocycles. The molecule has 1 saturated heterocycles. The van der Waals surface area contributed by atoms with Gasteiger partial charge in [0.05, 0.1) is 18.6 Å². The molecule has 2 amide bonds. The van der Waals surface area contributed by atoms with Crippen LogP contribution >= 0.6 is 0 Å². The molecule has 1 heterocycles. The minimum atomic E-state index is -0.787. The van der Waals surface area contributed by atoms with Crippen LogP contribution in [0, 0.1) is 5.92 Å². The minimum absolute atomic E-state index is 0.0774. The lowest BCUT2D eigenvalue weighted by Crippen LogP contribution is -2.43. The molecule has 1 aromatic carbocycles. The lowest BCUT2D eigenvalue weighted by atomic mass is 9.97. The quantitative estimate of drug-likeness (QED) is 0.424. The first-order valence-corrected chi connectivity index (χ1v) is 11.9. The summed E-state index contributed by atoms with van der Waals surface area (Å²) in [5.74, 6) is -1.29. The Morgan fingerprint density at radius 3 is 2.56 bits per heavy atom. The van der Waals surface area contributed by atoms with Crippen LogP contribution in [0.1, 0.15) is 70.3 Å². The molecule has 0 radical (unpaired) electrons. The Morgan fingerprint density at radius 2 is 1.84 bits per heavy atom. The van der Waals surface area contributed by atoms with Crippen LogP contribution in [0.5, 0.6) is 0 Å². The minimum Gasteiger partial charge on any atom is -0.445 e. The van der Waals surface area contributed by atoms with Crippen molar-refractivity contribution in [2.45, 2.75) is 77.4 Å². The summed E-state index contributed by atoms with van der Waals surface area (Å²) in [7, 11) is 0. The summed E-state index contributed by atoms with van der Waals surface area (Å²) in [5, 5.41) is 12.5. The Balaban J connectivity index is 1.76. The largest absolute Gasteiger partial charge is 0.445 e. The highest BCUT2D eigenvalue weighted by Gasteiger charge is 2.36. The van der Waals surface area contributed by atoms with Crippen molar-refractivity contribution < 1.29 is 24.2 Å². The third kappa shape index (κ3) is 8.61. The molecular formula is C25H38N2O5. The molecule has 1 aliphatic heterocycles. The van der Waals surface area contributed by atoms with Crippen LogP contribution in [-0.2, 0) is 20.9 Å². The van der Waals surface area contributed by atoms with Gasteiger partial charge >= 0.3 is 6.09 Å². The number of unbranched alkanes of at least 4 members (excludes halogenated alkanes) is 5. The smallest absolute Gasteiger partial charge is 0.410 e. The topological polar surface area (TPSA) is 95.9 Å². The van der Waals surface area contributed by atoms with E-state index >= 15 is 0 Å². The third-order valence-corrected chi connectivity index (χ3v) is 5.93. The number of nitrogens with zero attached hydrogens (tertiary/aromatic N) is 1. The van der Waals surface area contributed by atoms with Gasteiger partial charge < -0.3 is 15.2 Å². The fourth-order valence-electron chi connectivity index (χ4n) is 4.00. The number of Topliss-reactive ketones (excluding diaryl/α,β-unsaturated/α-hetero) is 1. The molecule has 0 spiro atoms. The molecule has 7 heteroatoms. The van der Waals surface area contributed by atoms with Crippen LogP contribution in [0.15, 0.2) is 30.3 Å². The molecule has 1 aliphatic rings. The zero-order valence-electron chi connectivity index (χ0n) is 19.3. The zero-order valence-corrected chi connectivity index (χ0v) is 19.3. The number of hydrogen-bond donors (Lipinski definition) is 2. The average molecular weight is 447 g/mol. The molecule has 1 aromatic rings. The maximum Gasteiger partial charge on any atom is 0.410 e. The monoisotopic (exact) mass is 446 g/mol. The molecule has 1 fully saturated rings. The van der Waals surface area contributed by atoms with E-state index in [1.165, 1.54) is 24.2 Å². The van der Waals surface area contributed by atoms with E-state index in [1.54, 1.807) is 0 Å². The number of amides is 2. The van der Waals surface area contributed by atoms with Crippen molar-refractivity contribution in [1.29, 1.82) is 0 Å². The number of aliphatic hydroxyl groups is 1. The number of aliphatic hydroxyl groups excluding tert-OH is 1. The van der Waals surface area contributed by atoms with Crippen LogP contribution in [0.25, 0.3) is 0 Å². The van der Waals surface area contributed by atoms with E-state index < -0.39 is 18.1 Å². The van der Waals surface area contributed by atoms with E-state index in [2.05, 4.69) is 12.2 Å². The predicted octanol–water partition coefficient (Wildman–Crippen LogP) is 3.83. The van der Waals surface area contributed by atoms with Crippen molar-refractivity contribution >= 4 is 17.8 Å². The first-order chi connectivity index (χ1) is 15.6. The van der Waals surface area contributed by atoms with Gasteiger partial charge in [0.1, 0.15) is 6.61 Å². The first kappa shape index (κ1) is 25.8. The van der Waals surface area contributed by atoms with Crippen LogP contribution in [0.4, 0.5) is 4.79 Å². The Morgan fingerprint density at radius 1 is 1.12 bits per heavy atom. The van der Waals surface area contributed by atoms with E-state index in [-0.39, 0.29) is 31.3 Å². The van der Waals surface area contributed by atoms with Crippen molar-refractivity contribution in [1.82, 2.24) is 10.2 Å². The molecule has 2 N–H and O–H groups in total. The second kappa shape index (κ2) is 14.6. The Kier molecular flexibility index (Phi) is 11.8. The van der Waals surface area contributed by atoms with Gasteiger partial charge in [0, 0.05) is 19.5 Å². The van der Waals surface area contributed by atoms with Gasteiger partial charge in [0.25, 0.3) is 0 Å². The molecule has 2 unspecified atom stereocenters. The van der Waals surface area contributed by atoms with Crippen molar-refractivity contribution in [3.05, 3.63) is 35.9 Å². The molecule has 0 bridgehead atoms. The Bertz CT molecular complexity index is 710. The van der Waals surface area contributed by atoms with E-state index in [0.717, 1.165) is 24.8 Å². The lowest BCUT2D eigenvalue weighted by Gasteiger charge is -2.24. The Labute approximate surface area is 191 Å². The zero-order chi connectivity index (χ0) is 23.2. The average Bonchev–Trinajstić information content (AvgIpc) is 3.31. The van der Waals surface area contributed by atoms with Crippen LogP contribution in [0.3, 0.4) is 0 Å². The van der Waals surface area contributed by atoms with Crippen molar-refractivity contribution in [2.75, 3.05) is 19.7 Å². The maximum absolute atomic E-state index is 12.8. The van der Waals surface area contributed by atoms with Gasteiger partial charge in [-0.25, -0.2) is 4.79 Å². The van der Waals surface area contributed by atoms with Gasteiger partial charge in [-0.3, -0.25) is 14.5 Å². The number of rotatable bonds is 14. The number of likely N-dealkylation sites (tertiary alicyclic amines) is 1. The second-order valence-electron chi connectivity index (χ2n) is 8.50. The fourth-order valence-corrected chi connectivity index (χ4v) is 4.00. The number of carbonyl (C=O) groups excluding carboxylic acids is 3. The standard InChI is InChI=1S/C25H38N2O5/c1-2-3-4-5-6-10-15-26-24(30)21(18-28)17-23(29)22-14-11-16-27(22)25(31)32-19-20-12-8-7-9-13-20/h7-9,12-13,21-22,28H,2-6,10-11,14-19H2,1H3,(H,26,30). The number of hydrogen-bond acceptors (Lipinski definition) is 5.